The van der Waals surface area contributed by atoms with E-state index in [1.54, 1.807) is 0 Å². The highest BCUT2D eigenvalue weighted by Gasteiger charge is 2.55. The van der Waals surface area contributed by atoms with Crippen molar-refractivity contribution < 1.29 is 9.59 Å². The number of nitrogens with zero attached hydrogens (tertiary/aromatic N) is 1. The second kappa shape index (κ2) is 11.6. The van der Waals surface area contributed by atoms with Crippen molar-refractivity contribution in [2.24, 2.45) is 5.92 Å². The fourth-order valence-electron chi connectivity index (χ4n) is 7.52. The van der Waals surface area contributed by atoms with Crippen LogP contribution in [0.1, 0.15) is 126 Å². The Morgan fingerprint density at radius 3 is 2.25 bits per heavy atom. The number of hydrogen-bond donors (Lipinski definition) is 2. The van der Waals surface area contributed by atoms with Crippen LogP contribution in [0.25, 0.3) is 0 Å². The molecule has 5 nitrogen and oxygen atoms in total. The predicted molar refractivity (Wildman–Crippen MR) is 163 cm³/mol. The van der Waals surface area contributed by atoms with Gasteiger partial charge in [-0.3, -0.25) is 9.59 Å². The Morgan fingerprint density at radius 2 is 1.65 bits per heavy atom. The number of carbonyl (C=O) groups excluding carboxylic acids is 2. The molecule has 2 aliphatic heterocycles. The van der Waals surface area contributed by atoms with Gasteiger partial charge in [0.1, 0.15) is 5.78 Å². The topological polar surface area (TPSA) is 73.3 Å². The molecule has 0 radical (unpaired) electrons. The maximum Gasteiger partial charge on any atom is 0.236 e. The minimum absolute atomic E-state index is 0.0540. The molecule has 1 aliphatic carbocycles. The largest absolute Gasteiger partial charge is 0.306 e. The molecule has 2 saturated heterocycles. The lowest BCUT2D eigenvalue weighted by Crippen LogP contribution is -2.51. The van der Waals surface area contributed by atoms with Crippen molar-refractivity contribution in [2.45, 2.75) is 122 Å². The van der Waals surface area contributed by atoms with Crippen LogP contribution in [-0.2, 0) is 9.59 Å². The van der Waals surface area contributed by atoms with E-state index in [-0.39, 0.29) is 23.8 Å². The third kappa shape index (κ3) is 5.18. The fraction of sp³-hybridized carbons (Fsp3) is 0.571. The van der Waals surface area contributed by atoms with Crippen LogP contribution >= 0.6 is 0 Å². The van der Waals surface area contributed by atoms with E-state index in [4.69, 9.17) is 0 Å². The van der Waals surface area contributed by atoms with Crippen molar-refractivity contribution in [3.8, 4) is 0 Å². The minimum Gasteiger partial charge on any atom is -0.306 e. The molecule has 1 saturated carbocycles. The van der Waals surface area contributed by atoms with Crippen molar-refractivity contribution in [3.63, 3.8) is 0 Å². The van der Waals surface area contributed by atoms with Crippen molar-refractivity contribution >= 4 is 23.1 Å². The molecule has 3 atom stereocenters. The number of amides is 1. The smallest absolute Gasteiger partial charge is 0.236 e. The van der Waals surface area contributed by atoms with Crippen molar-refractivity contribution in [1.82, 2.24) is 5.32 Å². The predicted octanol–water partition coefficient (Wildman–Crippen LogP) is 7.77. The van der Waals surface area contributed by atoms with Gasteiger partial charge in [-0.15, -0.1) is 0 Å². The zero-order valence-electron chi connectivity index (χ0n) is 25.1. The van der Waals surface area contributed by atoms with E-state index in [0.29, 0.717) is 36.8 Å². The molecule has 2 aromatic rings. The normalized spacial score (nSPS) is 24.3. The molecule has 2 N–H and O–H groups in total. The molecule has 214 valence electrons. The SMILES string of the molecule is Cc1cccc(N2C(=O)C(CCCC(=O)C3CC(c4c(C(C)C)cccc4C(C)C)N3)C(=N)C23CCCCC3)c1. The first-order valence-electron chi connectivity index (χ1n) is 15.5. The van der Waals surface area contributed by atoms with E-state index in [2.05, 4.69) is 70.3 Å². The molecule has 0 bridgehead atoms. The average molecular weight is 542 g/mol. The van der Waals surface area contributed by atoms with Crippen LogP contribution < -0.4 is 10.2 Å². The summed E-state index contributed by atoms with van der Waals surface area (Å²) in [5.74, 6) is 0.760. The summed E-state index contributed by atoms with van der Waals surface area (Å²) in [7, 11) is 0. The number of Topliss-reactive ketones (excluding diaryl/α,β-unsaturated/α-hetero) is 1. The van der Waals surface area contributed by atoms with Crippen LogP contribution in [0.5, 0.6) is 0 Å². The highest BCUT2D eigenvalue weighted by atomic mass is 16.2. The first-order valence-corrected chi connectivity index (χ1v) is 15.5. The van der Waals surface area contributed by atoms with Crippen LogP contribution in [0, 0.1) is 18.3 Å². The maximum atomic E-state index is 13.8. The molecule has 5 heteroatoms. The van der Waals surface area contributed by atoms with Crippen molar-refractivity contribution in [1.29, 1.82) is 5.41 Å². The molecule has 3 unspecified atom stereocenters. The molecule has 2 heterocycles. The molecule has 3 fully saturated rings. The van der Waals surface area contributed by atoms with E-state index in [0.717, 1.165) is 43.4 Å². The van der Waals surface area contributed by atoms with Crippen LogP contribution in [0.2, 0.25) is 0 Å². The number of rotatable bonds is 9. The molecule has 1 amide bonds. The van der Waals surface area contributed by atoms with E-state index in [9.17, 15) is 15.0 Å². The van der Waals surface area contributed by atoms with Crippen molar-refractivity contribution in [2.75, 3.05) is 4.90 Å². The number of nitrogens with one attached hydrogen (secondary N) is 2. The molecule has 1 spiro atoms. The van der Waals surface area contributed by atoms with Crippen LogP contribution in [0.15, 0.2) is 42.5 Å². The lowest BCUT2D eigenvalue weighted by molar-refractivity contribution is -0.124. The summed E-state index contributed by atoms with van der Waals surface area (Å²) in [6, 6.07) is 14.9. The number of ketones is 1. The molecule has 40 heavy (non-hydrogen) atoms. The maximum absolute atomic E-state index is 13.8. The van der Waals surface area contributed by atoms with Gasteiger partial charge in [0.15, 0.2) is 0 Å². The number of aryl methyl sites for hydroxylation is 1. The van der Waals surface area contributed by atoms with Gasteiger partial charge in [-0.25, -0.2) is 0 Å². The third-order valence-electron chi connectivity index (χ3n) is 9.68. The molecular formula is C35H47N3O2. The van der Waals surface area contributed by atoms with Gasteiger partial charge in [0.05, 0.1) is 17.5 Å². The van der Waals surface area contributed by atoms with Gasteiger partial charge in [0, 0.05) is 23.9 Å². The average Bonchev–Trinajstić information content (AvgIpc) is 3.08. The van der Waals surface area contributed by atoms with Crippen LogP contribution in [-0.4, -0.2) is 29.0 Å². The monoisotopic (exact) mass is 541 g/mol. The Kier molecular flexibility index (Phi) is 8.33. The second-order valence-electron chi connectivity index (χ2n) is 13.1. The van der Waals surface area contributed by atoms with Gasteiger partial charge in [-0.05, 0) is 85.3 Å². The summed E-state index contributed by atoms with van der Waals surface area (Å²) in [5.41, 5.74) is 6.28. The van der Waals surface area contributed by atoms with E-state index in [1.165, 1.54) is 23.1 Å². The van der Waals surface area contributed by atoms with Gasteiger partial charge in [0.25, 0.3) is 0 Å². The van der Waals surface area contributed by atoms with Gasteiger partial charge in [-0.2, -0.15) is 0 Å². The van der Waals surface area contributed by atoms with E-state index in [1.807, 2.05) is 17.0 Å². The first-order chi connectivity index (χ1) is 19.1. The first kappa shape index (κ1) is 28.7. The number of benzene rings is 2. The number of anilines is 1. The Hall–Kier alpha value is -2.79. The molecule has 5 rings (SSSR count). The Labute approximate surface area is 240 Å². The van der Waals surface area contributed by atoms with Crippen molar-refractivity contribution in [3.05, 3.63) is 64.7 Å². The number of hydrogen-bond acceptors (Lipinski definition) is 4. The van der Waals surface area contributed by atoms with Gasteiger partial charge >= 0.3 is 0 Å². The van der Waals surface area contributed by atoms with Crippen LogP contribution in [0.4, 0.5) is 5.69 Å². The molecular weight excluding hydrogens is 494 g/mol. The fourth-order valence-corrected chi connectivity index (χ4v) is 7.52. The summed E-state index contributed by atoms with van der Waals surface area (Å²) in [6.07, 6.45) is 7.53. The molecule has 2 aromatic carbocycles. The number of carbonyl (C=O) groups is 2. The molecule has 3 aliphatic rings. The Bertz CT molecular complexity index is 1240. The summed E-state index contributed by atoms with van der Waals surface area (Å²) in [6.45, 7) is 11.0. The van der Waals surface area contributed by atoms with Gasteiger partial charge in [-0.1, -0.05) is 77.3 Å². The van der Waals surface area contributed by atoms with E-state index >= 15 is 0 Å². The summed E-state index contributed by atoms with van der Waals surface area (Å²) in [4.78, 5) is 29.0. The lowest BCUT2D eigenvalue weighted by atomic mass is 9.75. The zero-order valence-corrected chi connectivity index (χ0v) is 25.1. The van der Waals surface area contributed by atoms with E-state index < -0.39 is 11.5 Å². The Morgan fingerprint density at radius 1 is 1.02 bits per heavy atom. The minimum atomic E-state index is -0.488. The lowest BCUT2D eigenvalue weighted by Gasteiger charge is -2.41. The highest BCUT2D eigenvalue weighted by molar-refractivity contribution is 6.22. The summed E-state index contributed by atoms with van der Waals surface area (Å²) in [5, 5.41) is 12.8. The Balaban J connectivity index is 1.22. The standard InChI is InChI=1S/C35H47N3O2/c1-22(2)26-14-10-15-27(23(3)4)32(26)30-21-29(37-30)31(39)17-11-16-28-33(36)35(18-7-6-8-19-35)38(34(28)40)25-13-9-12-24(5)20-25/h9-10,12-15,20,22-23,28-30,36-37H,6-8,11,16-19,21H2,1-5H3. The van der Waals surface area contributed by atoms with Crippen LogP contribution in [0.3, 0.4) is 0 Å². The third-order valence-corrected chi connectivity index (χ3v) is 9.68. The highest BCUT2D eigenvalue weighted by Crippen LogP contribution is 2.46. The summed E-state index contributed by atoms with van der Waals surface area (Å²) >= 11 is 0. The zero-order chi connectivity index (χ0) is 28.6. The van der Waals surface area contributed by atoms with Gasteiger partial charge < -0.3 is 15.6 Å². The second-order valence-corrected chi connectivity index (χ2v) is 13.1. The van der Waals surface area contributed by atoms with Gasteiger partial charge in [0.2, 0.25) is 5.91 Å². The molecule has 0 aromatic heterocycles. The summed E-state index contributed by atoms with van der Waals surface area (Å²) < 4.78 is 0. The quantitative estimate of drug-likeness (QED) is 0.341.